The number of hydrogen-bond donors (Lipinski definition) is 0. The Morgan fingerprint density at radius 3 is 2.53 bits per heavy atom. The zero-order chi connectivity index (χ0) is 25.1. The summed E-state index contributed by atoms with van der Waals surface area (Å²) in [7, 11) is 0. The Labute approximate surface area is 211 Å². The molecule has 5 rings (SSSR count). The van der Waals surface area contributed by atoms with Gasteiger partial charge in [-0.3, -0.25) is 14.5 Å². The molecule has 1 amide bonds. The number of nitrogens with zero attached hydrogens (tertiary/aromatic N) is 2. The van der Waals surface area contributed by atoms with Crippen LogP contribution in [0.1, 0.15) is 59.5 Å². The van der Waals surface area contributed by atoms with Crippen LogP contribution < -0.4 is 10.2 Å². The maximum atomic E-state index is 13.7. The molecule has 2 aromatic carbocycles. The Bertz CT molecular complexity index is 1280. The first-order valence-corrected chi connectivity index (χ1v) is 13.0. The largest absolute Gasteiger partial charge is 0.494 e. The summed E-state index contributed by atoms with van der Waals surface area (Å²) >= 11 is 0. The summed E-state index contributed by atoms with van der Waals surface area (Å²) in [5, 5.41) is 0.512. The van der Waals surface area contributed by atoms with Crippen molar-refractivity contribution in [3.05, 3.63) is 75.1 Å². The average molecular weight is 491 g/mol. The number of morpholine rings is 1. The SMILES string of the molecule is CCCCCOc1ccc(C2c3c(oc4ccc(C)cc4c3=O)C(=O)N2CCN2CCOCC2)cc1. The molecule has 2 aliphatic heterocycles. The molecule has 36 heavy (non-hydrogen) atoms. The molecule has 0 aliphatic carbocycles. The van der Waals surface area contributed by atoms with Crippen LogP contribution in [0, 0.1) is 6.92 Å². The molecule has 1 saturated heterocycles. The van der Waals surface area contributed by atoms with E-state index in [1.807, 2.05) is 43.3 Å². The number of fused-ring (bicyclic) bond motifs is 2. The molecule has 190 valence electrons. The van der Waals surface area contributed by atoms with Gasteiger partial charge in [-0.15, -0.1) is 0 Å². The van der Waals surface area contributed by atoms with Crippen molar-refractivity contribution < 1.29 is 18.7 Å². The summed E-state index contributed by atoms with van der Waals surface area (Å²) in [6, 6.07) is 12.8. The molecule has 7 nitrogen and oxygen atoms in total. The number of carbonyl (C=O) groups is 1. The fraction of sp³-hybridized carbons (Fsp3) is 0.448. The maximum absolute atomic E-state index is 13.7. The molecule has 7 heteroatoms. The quantitative estimate of drug-likeness (QED) is 0.410. The van der Waals surface area contributed by atoms with Gasteiger partial charge < -0.3 is 18.8 Å². The van der Waals surface area contributed by atoms with Gasteiger partial charge in [0.1, 0.15) is 11.3 Å². The molecule has 3 heterocycles. The van der Waals surface area contributed by atoms with Crippen molar-refractivity contribution >= 4 is 16.9 Å². The van der Waals surface area contributed by atoms with Crippen molar-refractivity contribution in [2.24, 2.45) is 0 Å². The van der Waals surface area contributed by atoms with Gasteiger partial charge in [0, 0.05) is 26.2 Å². The Hall–Kier alpha value is -3.16. The monoisotopic (exact) mass is 490 g/mol. The molecule has 0 N–H and O–H groups in total. The molecule has 2 aliphatic rings. The predicted molar refractivity (Wildman–Crippen MR) is 139 cm³/mol. The Kier molecular flexibility index (Phi) is 7.39. The van der Waals surface area contributed by atoms with Crippen molar-refractivity contribution in [1.82, 2.24) is 9.80 Å². The third-order valence-corrected chi connectivity index (χ3v) is 7.09. The van der Waals surface area contributed by atoms with E-state index in [9.17, 15) is 9.59 Å². The van der Waals surface area contributed by atoms with Crippen LogP contribution in [0.3, 0.4) is 0 Å². The predicted octanol–water partition coefficient (Wildman–Crippen LogP) is 4.55. The topological polar surface area (TPSA) is 72.2 Å². The minimum absolute atomic E-state index is 0.137. The second-order valence-electron chi connectivity index (χ2n) is 9.65. The fourth-order valence-corrected chi connectivity index (χ4v) is 5.07. The lowest BCUT2D eigenvalue weighted by molar-refractivity contribution is 0.0314. The van der Waals surface area contributed by atoms with Gasteiger partial charge >= 0.3 is 0 Å². The van der Waals surface area contributed by atoms with E-state index in [-0.39, 0.29) is 17.1 Å². The van der Waals surface area contributed by atoms with Crippen molar-refractivity contribution in [2.45, 2.75) is 39.2 Å². The van der Waals surface area contributed by atoms with E-state index in [1.165, 1.54) is 0 Å². The third kappa shape index (κ3) is 4.90. The van der Waals surface area contributed by atoms with E-state index in [2.05, 4.69) is 11.8 Å². The number of rotatable bonds is 9. The minimum atomic E-state index is -0.496. The van der Waals surface area contributed by atoms with Crippen LogP contribution >= 0.6 is 0 Å². The molecule has 1 fully saturated rings. The van der Waals surface area contributed by atoms with Crippen LogP contribution in [-0.2, 0) is 4.74 Å². The van der Waals surface area contributed by atoms with Gasteiger partial charge in [-0.25, -0.2) is 0 Å². The van der Waals surface area contributed by atoms with E-state index in [0.29, 0.717) is 49.4 Å². The molecule has 1 aromatic heterocycles. The molecular weight excluding hydrogens is 456 g/mol. The standard InChI is InChI=1S/C29H34N2O5/c1-3-4-5-16-35-22-9-7-21(8-10-22)26-25-27(32)23-19-20(2)6-11-24(23)36-28(25)29(33)31(26)13-12-30-14-17-34-18-15-30/h6-11,19,26H,3-5,12-18H2,1-2H3. The lowest BCUT2D eigenvalue weighted by Gasteiger charge is -2.31. The third-order valence-electron chi connectivity index (χ3n) is 7.09. The van der Waals surface area contributed by atoms with Crippen LogP contribution in [0.5, 0.6) is 5.75 Å². The second-order valence-corrected chi connectivity index (χ2v) is 9.65. The first-order chi connectivity index (χ1) is 17.6. The van der Waals surface area contributed by atoms with Gasteiger partial charge in [-0.05, 0) is 43.2 Å². The first kappa shape index (κ1) is 24.5. The van der Waals surface area contributed by atoms with Crippen LogP contribution in [-0.4, -0.2) is 61.7 Å². The van der Waals surface area contributed by atoms with Crippen molar-refractivity contribution in [3.63, 3.8) is 0 Å². The lowest BCUT2D eigenvalue weighted by Crippen LogP contribution is -2.42. The summed E-state index contributed by atoms with van der Waals surface area (Å²) in [5.74, 6) is 0.714. The number of carbonyl (C=O) groups excluding carboxylic acids is 1. The molecule has 3 aromatic rings. The highest BCUT2D eigenvalue weighted by Crippen LogP contribution is 2.38. The van der Waals surface area contributed by atoms with Gasteiger partial charge in [0.25, 0.3) is 5.91 Å². The molecule has 0 saturated carbocycles. The van der Waals surface area contributed by atoms with Gasteiger partial charge in [-0.1, -0.05) is 43.5 Å². The highest BCUT2D eigenvalue weighted by atomic mass is 16.5. The highest BCUT2D eigenvalue weighted by Gasteiger charge is 2.42. The second kappa shape index (κ2) is 10.8. The minimum Gasteiger partial charge on any atom is -0.494 e. The number of aryl methyl sites for hydroxylation is 1. The van der Waals surface area contributed by atoms with E-state index < -0.39 is 6.04 Å². The van der Waals surface area contributed by atoms with Gasteiger partial charge in [0.2, 0.25) is 5.76 Å². The van der Waals surface area contributed by atoms with Crippen LogP contribution in [0.4, 0.5) is 0 Å². The summed E-state index contributed by atoms with van der Waals surface area (Å²) in [5.41, 5.74) is 2.59. The summed E-state index contributed by atoms with van der Waals surface area (Å²) in [6.07, 6.45) is 3.31. The van der Waals surface area contributed by atoms with Gasteiger partial charge in [0.05, 0.1) is 36.8 Å². The Morgan fingerprint density at radius 2 is 1.78 bits per heavy atom. The number of ether oxygens (including phenoxy) is 2. The van der Waals surface area contributed by atoms with E-state index >= 15 is 0 Å². The molecule has 0 spiro atoms. The Balaban J connectivity index is 1.49. The zero-order valence-electron chi connectivity index (χ0n) is 21.1. The zero-order valence-corrected chi connectivity index (χ0v) is 21.1. The van der Waals surface area contributed by atoms with Crippen LogP contribution in [0.15, 0.2) is 51.7 Å². The molecule has 1 atom stereocenters. The molecule has 0 radical (unpaired) electrons. The molecule has 0 bridgehead atoms. The maximum Gasteiger partial charge on any atom is 0.290 e. The molecule has 1 unspecified atom stereocenters. The number of benzene rings is 2. The smallest absolute Gasteiger partial charge is 0.290 e. The highest BCUT2D eigenvalue weighted by molar-refractivity contribution is 5.99. The number of amides is 1. The number of unbranched alkanes of at least 4 members (excludes halogenated alkanes) is 2. The van der Waals surface area contributed by atoms with E-state index in [0.717, 1.165) is 49.2 Å². The van der Waals surface area contributed by atoms with Crippen LogP contribution in [0.2, 0.25) is 0 Å². The van der Waals surface area contributed by atoms with Gasteiger partial charge in [0.15, 0.2) is 5.43 Å². The first-order valence-electron chi connectivity index (χ1n) is 13.0. The lowest BCUT2D eigenvalue weighted by atomic mass is 9.98. The van der Waals surface area contributed by atoms with E-state index in [1.54, 1.807) is 11.0 Å². The summed E-state index contributed by atoms with van der Waals surface area (Å²) in [6.45, 7) is 9.07. The van der Waals surface area contributed by atoms with E-state index in [4.69, 9.17) is 13.9 Å². The average Bonchev–Trinajstić information content (AvgIpc) is 3.18. The van der Waals surface area contributed by atoms with Crippen molar-refractivity contribution in [1.29, 1.82) is 0 Å². The van der Waals surface area contributed by atoms with Crippen molar-refractivity contribution in [3.8, 4) is 5.75 Å². The fourth-order valence-electron chi connectivity index (χ4n) is 5.07. The van der Waals surface area contributed by atoms with Crippen molar-refractivity contribution in [2.75, 3.05) is 46.0 Å². The van der Waals surface area contributed by atoms with Crippen LogP contribution in [0.25, 0.3) is 11.0 Å². The van der Waals surface area contributed by atoms with Gasteiger partial charge in [-0.2, -0.15) is 0 Å². The summed E-state index contributed by atoms with van der Waals surface area (Å²) in [4.78, 5) is 31.4. The summed E-state index contributed by atoms with van der Waals surface area (Å²) < 4.78 is 17.4. The molecular formula is C29H34N2O5. The number of hydrogen-bond acceptors (Lipinski definition) is 6. The normalized spacial score (nSPS) is 18.1. The Morgan fingerprint density at radius 1 is 1.00 bits per heavy atom.